The topological polar surface area (TPSA) is 122 Å². The molecule has 1 atom stereocenters. The predicted octanol–water partition coefficient (Wildman–Crippen LogP) is 6.64. The third-order valence-electron chi connectivity index (χ3n) is 7.75. The fraction of sp³-hybridized carbons (Fsp3) is 0.294. The van der Waals surface area contributed by atoms with Gasteiger partial charge in [-0.2, -0.15) is 0 Å². The lowest BCUT2D eigenvalue weighted by molar-refractivity contribution is -0.151. The molecular weight excluding hydrogens is 633 g/mol. The van der Waals surface area contributed by atoms with E-state index < -0.39 is 17.9 Å². The summed E-state index contributed by atoms with van der Waals surface area (Å²) in [4.78, 5) is 54.5. The first-order chi connectivity index (χ1) is 21.5. The molecule has 0 aliphatic carbocycles. The van der Waals surface area contributed by atoms with Gasteiger partial charge >= 0.3 is 11.8 Å². The van der Waals surface area contributed by atoms with E-state index in [-0.39, 0.29) is 37.3 Å². The number of nitrogens with one attached hydrogen (secondary N) is 1. The Morgan fingerprint density at radius 3 is 2.46 bits per heavy atom. The standard InChI is InChI=1S/C34H34ClN3O7.ClH/c1-20-8-5-6-9-25(20)32(40)36-24-12-13-26(21(2)16-24)33(41)38-15-7-10-29(27-17-23(35)11-14-28(27)38)44-31(39)19-37(4)18-30-22(3)43-34(42)45-30;/h5-6,8-9,11-14,16-17,29H,7,10,15,18-19H2,1-4H3,(H,36,40);1H. The lowest BCUT2D eigenvalue weighted by Gasteiger charge is -2.25. The minimum Gasteiger partial charge on any atom is -0.456 e. The summed E-state index contributed by atoms with van der Waals surface area (Å²) in [6.45, 7) is 5.86. The highest BCUT2D eigenvalue weighted by molar-refractivity contribution is 6.30. The van der Waals surface area contributed by atoms with Gasteiger partial charge in [0.2, 0.25) is 0 Å². The number of carbonyl (C=O) groups is 3. The number of hydrogen-bond acceptors (Lipinski definition) is 8. The Balaban J connectivity index is 0.00000480. The van der Waals surface area contributed by atoms with Gasteiger partial charge in [0.1, 0.15) is 11.9 Å². The third-order valence-corrected chi connectivity index (χ3v) is 7.98. The van der Waals surface area contributed by atoms with Crippen molar-refractivity contribution in [2.24, 2.45) is 0 Å². The molecule has 242 valence electrons. The second-order valence-electron chi connectivity index (χ2n) is 11.2. The zero-order valence-corrected chi connectivity index (χ0v) is 27.5. The first kappa shape index (κ1) is 34.5. The molecule has 0 bridgehead atoms. The molecule has 1 aromatic heterocycles. The van der Waals surface area contributed by atoms with Gasteiger partial charge in [-0.3, -0.25) is 19.3 Å². The molecule has 1 unspecified atom stereocenters. The van der Waals surface area contributed by atoms with Crippen LogP contribution in [0.2, 0.25) is 5.02 Å². The van der Waals surface area contributed by atoms with Crippen molar-refractivity contribution in [2.75, 3.05) is 30.4 Å². The molecule has 1 N–H and O–H groups in total. The second-order valence-corrected chi connectivity index (χ2v) is 11.6. The van der Waals surface area contributed by atoms with E-state index in [0.29, 0.717) is 69.6 Å². The predicted molar refractivity (Wildman–Crippen MR) is 177 cm³/mol. The number of carbonyl (C=O) groups excluding carboxylic acids is 3. The second kappa shape index (κ2) is 14.8. The first-order valence-corrected chi connectivity index (χ1v) is 14.9. The first-order valence-electron chi connectivity index (χ1n) is 14.6. The molecule has 10 nitrogen and oxygen atoms in total. The number of ether oxygens (including phenoxy) is 1. The number of nitrogens with zero attached hydrogens (tertiary/aromatic N) is 2. The molecule has 2 amide bonds. The molecule has 1 aliphatic rings. The smallest absolute Gasteiger partial charge is 0.456 e. The monoisotopic (exact) mass is 667 g/mol. The van der Waals surface area contributed by atoms with Gasteiger partial charge in [-0.15, -0.1) is 12.4 Å². The van der Waals surface area contributed by atoms with Crippen LogP contribution in [0.1, 0.15) is 67.9 Å². The van der Waals surface area contributed by atoms with Crippen LogP contribution in [0, 0.1) is 20.8 Å². The van der Waals surface area contributed by atoms with Gasteiger partial charge in [-0.1, -0.05) is 29.8 Å². The maximum atomic E-state index is 14.0. The Hall–Kier alpha value is -4.38. The van der Waals surface area contributed by atoms with Crippen LogP contribution in [-0.4, -0.2) is 42.8 Å². The molecule has 0 saturated heterocycles. The molecule has 5 rings (SSSR count). The number of likely N-dealkylation sites (N-methyl/N-ethyl adjacent to an activating group) is 1. The molecular formula is C34H35Cl2N3O7. The Labute approximate surface area is 277 Å². The molecule has 0 fully saturated rings. The highest BCUT2D eigenvalue weighted by atomic mass is 35.5. The maximum Gasteiger partial charge on any atom is 0.519 e. The summed E-state index contributed by atoms with van der Waals surface area (Å²) in [7, 11) is 1.70. The van der Waals surface area contributed by atoms with Crippen LogP contribution in [0.5, 0.6) is 0 Å². The van der Waals surface area contributed by atoms with Crippen molar-refractivity contribution in [1.29, 1.82) is 0 Å². The van der Waals surface area contributed by atoms with Gasteiger partial charge in [-0.25, -0.2) is 4.79 Å². The number of hydrogen-bond donors (Lipinski definition) is 1. The van der Waals surface area contributed by atoms with Crippen LogP contribution in [0.3, 0.4) is 0 Å². The molecule has 3 aromatic carbocycles. The summed E-state index contributed by atoms with van der Waals surface area (Å²) in [6, 6.07) is 17.7. The molecule has 0 spiro atoms. The SMILES string of the molecule is Cc1ccccc1C(=O)Nc1ccc(C(=O)N2CCCC(OC(=O)CN(C)Cc3oc(=O)oc3C)c3cc(Cl)ccc32)c(C)c1.Cl. The Morgan fingerprint density at radius 2 is 1.76 bits per heavy atom. The lowest BCUT2D eigenvalue weighted by atomic mass is 10.0. The van der Waals surface area contributed by atoms with Crippen LogP contribution < -0.4 is 16.0 Å². The summed E-state index contributed by atoms with van der Waals surface area (Å²) < 4.78 is 15.8. The van der Waals surface area contributed by atoms with Crippen LogP contribution in [-0.2, 0) is 16.1 Å². The van der Waals surface area contributed by atoms with Crippen LogP contribution >= 0.6 is 24.0 Å². The van der Waals surface area contributed by atoms with Crippen LogP contribution in [0.15, 0.2) is 74.3 Å². The quantitative estimate of drug-likeness (QED) is 0.208. The zero-order valence-electron chi connectivity index (χ0n) is 25.9. The minimum atomic E-state index is -0.791. The van der Waals surface area contributed by atoms with E-state index in [4.69, 9.17) is 25.2 Å². The van der Waals surface area contributed by atoms with E-state index in [0.717, 1.165) is 5.56 Å². The van der Waals surface area contributed by atoms with Gasteiger partial charge < -0.3 is 23.8 Å². The van der Waals surface area contributed by atoms with Crippen molar-refractivity contribution in [3.8, 4) is 0 Å². The molecule has 1 aliphatic heterocycles. The number of fused-ring (bicyclic) bond motifs is 1. The normalized spacial score (nSPS) is 14.2. The van der Waals surface area contributed by atoms with Gasteiger partial charge in [0, 0.05) is 33.9 Å². The van der Waals surface area contributed by atoms with E-state index in [1.54, 1.807) is 66.2 Å². The number of aryl methyl sites for hydroxylation is 3. The maximum absolute atomic E-state index is 14.0. The molecule has 4 aromatic rings. The summed E-state index contributed by atoms with van der Waals surface area (Å²) >= 11 is 6.37. The fourth-order valence-electron chi connectivity index (χ4n) is 5.46. The number of esters is 1. The van der Waals surface area contributed by atoms with Gasteiger partial charge in [0.25, 0.3) is 11.8 Å². The van der Waals surface area contributed by atoms with Crippen molar-refractivity contribution in [3.05, 3.63) is 116 Å². The number of amides is 2. The highest BCUT2D eigenvalue weighted by Crippen LogP contribution is 2.38. The van der Waals surface area contributed by atoms with Gasteiger partial charge in [0.15, 0.2) is 5.76 Å². The Bertz CT molecular complexity index is 1820. The van der Waals surface area contributed by atoms with Crippen molar-refractivity contribution in [2.45, 2.75) is 46.3 Å². The summed E-state index contributed by atoms with van der Waals surface area (Å²) in [5.41, 5.74) is 4.48. The average Bonchev–Trinajstić information content (AvgIpc) is 3.19. The molecule has 46 heavy (non-hydrogen) atoms. The Kier molecular flexibility index (Phi) is 11.1. The van der Waals surface area contributed by atoms with Crippen molar-refractivity contribution >= 4 is 53.2 Å². The summed E-state index contributed by atoms with van der Waals surface area (Å²) in [5.74, 6) is -1.00. The lowest BCUT2D eigenvalue weighted by Crippen LogP contribution is -2.32. The van der Waals surface area contributed by atoms with Crippen molar-refractivity contribution in [3.63, 3.8) is 0 Å². The average molecular weight is 669 g/mol. The summed E-state index contributed by atoms with van der Waals surface area (Å²) in [6.07, 6.45) is 0.450. The highest BCUT2D eigenvalue weighted by Gasteiger charge is 2.30. The molecule has 12 heteroatoms. The van der Waals surface area contributed by atoms with E-state index in [9.17, 15) is 19.2 Å². The number of rotatable bonds is 8. The number of halogens is 2. The van der Waals surface area contributed by atoms with Gasteiger partial charge in [0.05, 0.1) is 18.8 Å². The summed E-state index contributed by atoms with van der Waals surface area (Å²) in [5, 5.41) is 3.37. The zero-order chi connectivity index (χ0) is 32.2. The Morgan fingerprint density at radius 1 is 1.00 bits per heavy atom. The van der Waals surface area contributed by atoms with E-state index in [1.165, 1.54) is 0 Å². The van der Waals surface area contributed by atoms with Crippen LogP contribution in [0.25, 0.3) is 0 Å². The van der Waals surface area contributed by atoms with E-state index in [2.05, 4.69) is 5.32 Å². The van der Waals surface area contributed by atoms with Crippen molar-refractivity contribution in [1.82, 2.24) is 4.90 Å². The van der Waals surface area contributed by atoms with E-state index >= 15 is 0 Å². The third kappa shape index (κ3) is 7.88. The van der Waals surface area contributed by atoms with E-state index in [1.807, 2.05) is 32.0 Å². The fourth-order valence-corrected chi connectivity index (χ4v) is 5.64. The van der Waals surface area contributed by atoms with Crippen LogP contribution in [0.4, 0.5) is 11.4 Å². The molecule has 0 radical (unpaired) electrons. The largest absolute Gasteiger partial charge is 0.519 e. The molecule has 0 saturated carbocycles. The number of anilines is 2. The minimum absolute atomic E-state index is 0. The van der Waals surface area contributed by atoms with Gasteiger partial charge in [-0.05, 0) is 94.3 Å². The number of benzene rings is 3. The molecule has 2 heterocycles. The van der Waals surface area contributed by atoms with Crippen molar-refractivity contribution < 1.29 is 28.0 Å².